The van der Waals surface area contributed by atoms with Gasteiger partial charge in [-0.1, -0.05) is 158 Å². The number of nitrogens with zero attached hydrogens (tertiary/aromatic N) is 3. The smallest absolute Gasteiger partial charge is 0.182 e. The molecule has 5 heteroatoms. The average molecular weight is 794 g/mol. The summed E-state index contributed by atoms with van der Waals surface area (Å²) in [5, 5.41) is 15.1. The lowest BCUT2D eigenvalue weighted by molar-refractivity contribution is 0.436. The van der Waals surface area contributed by atoms with Crippen molar-refractivity contribution >= 4 is 42.3 Å². The van der Waals surface area contributed by atoms with Crippen LogP contribution in [0, 0.1) is 0 Å². The summed E-state index contributed by atoms with van der Waals surface area (Å²) in [7, 11) is 0. The number of thiophene rings is 1. The molecule has 0 N–H and O–H groups in total. The van der Waals surface area contributed by atoms with Gasteiger partial charge in [0.25, 0.3) is 0 Å². The molecule has 61 heavy (non-hydrogen) atoms. The van der Waals surface area contributed by atoms with E-state index in [1.807, 2.05) is 0 Å². The van der Waals surface area contributed by atoms with Crippen molar-refractivity contribution in [1.29, 1.82) is 0 Å². The average Bonchev–Trinajstić information content (AvgIpc) is 3.97. The zero-order valence-corrected chi connectivity index (χ0v) is 33.4. The lowest BCUT2D eigenvalue weighted by Gasteiger charge is -2.39. The first kappa shape index (κ1) is 33.1. The molecule has 0 unspecified atom stereocenters. The van der Waals surface area contributed by atoms with Crippen molar-refractivity contribution in [2.75, 3.05) is 0 Å². The summed E-state index contributed by atoms with van der Waals surface area (Å²) in [6, 6.07) is 67.6. The van der Waals surface area contributed by atoms with Crippen molar-refractivity contribution in [2.24, 2.45) is 0 Å². The molecule has 0 atom stereocenters. The van der Waals surface area contributed by atoms with Crippen molar-refractivity contribution in [3.8, 4) is 78.8 Å². The van der Waals surface area contributed by atoms with E-state index >= 15 is 0 Å². The van der Waals surface area contributed by atoms with Crippen LogP contribution in [0.1, 0.15) is 22.3 Å². The second-order valence-corrected chi connectivity index (χ2v) is 17.3. The SMILES string of the molecule is c1ccc2c(c1)Oc1ccc(-c3nnc(-c4cccc5c4sc4ccccc45)c(-c4ccc5c6c(cccc46)-c4ccccc4-5)n3)cc1C21c2ccccc2-c2ccccc21. The number of fused-ring (bicyclic) bond motifs is 15. The molecule has 0 amide bonds. The molecule has 4 nitrogen and oxygen atoms in total. The van der Waals surface area contributed by atoms with Crippen LogP contribution in [0.15, 0.2) is 188 Å². The van der Waals surface area contributed by atoms with E-state index in [1.54, 1.807) is 11.3 Å². The minimum Gasteiger partial charge on any atom is -0.457 e. The van der Waals surface area contributed by atoms with Gasteiger partial charge < -0.3 is 4.74 Å². The highest BCUT2D eigenvalue weighted by atomic mass is 32.1. The molecule has 2 aliphatic carbocycles. The maximum atomic E-state index is 6.77. The highest BCUT2D eigenvalue weighted by Gasteiger charge is 2.51. The van der Waals surface area contributed by atoms with Gasteiger partial charge in [-0.05, 0) is 85.6 Å². The standard InChI is InChI=1S/C56H31N3OS/c1-2-14-34-33(13-1)38-18-11-19-39-41(29-28-40(34)51(38)39)52-53(43-21-12-20-42-37-17-5-10-26-50(37)61-54(42)43)58-59-55(57-52)32-27-30-49-47(31-32)56(46-24-8-9-25-48(46)60-49)44-22-6-3-15-35(44)36-16-4-7-23-45(36)56/h1-31H. The van der Waals surface area contributed by atoms with Crippen molar-refractivity contribution in [1.82, 2.24) is 15.2 Å². The van der Waals surface area contributed by atoms with Crippen LogP contribution in [0.2, 0.25) is 0 Å². The van der Waals surface area contributed by atoms with E-state index in [0.29, 0.717) is 5.82 Å². The first-order chi connectivity index (χ1) is 30.3. The summed E-state index contributed by atoms with van der Waals surface area (Å²) >= 11 is 1.80. The highest BCUT2D eigenvalue weighted by molar-refractivity contribution is 7.26. The lowest BCUT2D eigenvalue weighted by atomic mass is 9.66. The van der Waals surface area contributed by atoms with Crippen LogP contribution < -0.4 is 4.74 Å². The van der Waals surface area contributed by atoms with Crippen LogP contribution >= 0.6 is 11.3 Å². The van der Waals surface area contributed by atoms with E-state index in [4.69, 9.17) is 19.9 Å². The van der Waals surface area contributed by atoms with E-state index in [2.05, 4.69) is 188 Å². The maximum Gasteiger partial charge on any atom is 0.182 e. The Labute approximate surface area is 355 Å². The number of para-hydroxylation sites is 1. The Morgan fingerprint density at radius 1 is 0.393 bits per heavy atom. The normalized spacial score (nSPS) is 13.5. The second kappa shape index (κ2) is 12.2. The van der Waals surface area contributed by atoms with Crippen LogP contribution in [-0.2, 0) is 5.41 Å². The summed E-state index contributed by atoms with van der Waals surface area (Å²) < 4.78 is 9.19. The van der Waals surface area contributed by atoms with E-state index in [0.717, 1.165) is 56.1 Å². The molecule has 282 valence electrons. The largest absolute Gasteiger partial charge is 0.457 e. The number of benzene rings is 9. The minimum atomic E-state index is -0.604. The molecular formula is C56H31N3OS. The lowest BCUT2D eigenvalue weighted by Crippen LogP contribution is -2.32. The highest BCUT2D eigenvalue weighted by Crippen LogP contribution is 2.62. The van der Waals surface area contributed by atoms with Gasteiger partial charge in [-0.3, -0.25) is 0 Å². The molecule has 1 aliphatic heterocycles. The van der Waals surface area contributed by atoms with Gasteiger partial charge in [0.2, 0.25) is 0 Å². The third-order valence-electron chi connectivity index (χ3n) is 13.3. The van der Waals surface area contributed by atoms with Gasteiger partial charge >= 0.3 is 0 Å². The fourth-order valence-corrected chi connectivity index (χ4v) is 12.0. The molecule has 0 saturated carbocycles. The molecule has 0 bridgehead atoms. The zero-order valence-electron chi connectivity index (χ0n) is 32.6. The van der Waals surface area contributed by atoms with E-state index in [9.17, 15) is 0 Å². The Morgan fingerprint density at radius 3 is 1.79 bits per heavy atom. The van der Waals surface area contributed by atoms with E-state index in [1.165, 1.54) is 70.1 Å². The molecule has 3 heterocycles. The number of hydrogen-bond donors (Lipinski definition) is 0. The molecule has 0 fully saturated rings. The Balaban J connectivity index is 1.04. The number of hydrogen-bond acceptors (Lipinski definition) is 5. The van der Waals surface area contributed by atoms with Gasteiger partial charge in [0, 0.05) is 48.0 Å². The molecule has 2 aromatic heterocycles. The third-order valence-corrected chi connectivity index (χ3v) is 14.5. The number of aromatic nitrogens is 3. The summed E-state index contributed by atoms with van der Waals surface area (Å²) in [5.41, 5.74) is 16.1. The van der Waals surface area contributed by atoms with Crippen LogP contribution in [0.5, 0.6) is 11.5 Å². The van der Waals surface area contributed by atoms with Crippen LogP contribution in [0.4, 0.5) is 0 Å². The second-order valence-electron chi connectivity index (χ2n) is 16.2. The van der Waals surface area contributed by atoms with Gasteiger partial charge in [-0.15, -0.1) is 21.5 Å². The van der Waals surface area contributed by atoms with Gasteiger partial charge in [0.15, 0.2) is 5.82 Å². The molecule has 9 aromatic carbocycles. The van der Waals surface area contributed by atoms with Gasteiger partial charge in [-0.25, -0.2) is 4.98 Å². The van der Waals surface area contributed by atoms with Crippen LogP contribution in [0.25, 0.3) is 98.2 Å². The topological polar surface area (TPSA) is 47.9 Å². The third kappa shape index (κ3) is 4.35. The van der Waals surface area contributed by atoms with Crippen molar-refractivity contribution in [2.45, 2.75) is 5.41 Å². The maximum absolute atomic E-state index is 6.77. The molecule has 11 aromatic rings. The summed E-state index contributed by atoms with van der Waals surface area (Å²) in [6.45, 7) is 0. The summed E-state index contributed by atoms with van der Waals surface area (Å²) in [5.74, 6) is 2.25. The Kier molecular flexibility index (Phi) is 6.61. The summed E-state index contributed by atoms with van der Waals surface area (Å²) in [6.07, 6.45) is 0. The Bertz CT molecular complexity index is 3640. The van der Waals surface area contributed by atoms with E-state index < -0.39 is 5.41 Å². The number of rotatable bonds is 3. The fraction of sp³-hybridized carbons (Fsp3) is 0.0179. The van der Waals surface area contributed by atoms with E-state index in [-0.39, 0.29) is 0 Å². The molecule has 14 rings (SSSR count). The first-order valence-corrected chi connectivity index (χ1v) is 21.5. The van der Waals surface area contributed by atoms with Crippen LogP contribution in [-0.4, -0.2) is 15.2 Å². The van der Waals surface area contributed by atoms with Gasteiger partial charge in [0.1, 0.15) is 22.9 Å². The van der Waals surface area contributed by atoms with Gasteiger partial charge in [0.05, 0.1) is 5.41 Å². The van der Waals surface area contributed by atoms with Crippen molar-refractivity contribution in [3.63, 3.8) is 0 Å². The zero-order chi connectivity index (χ0) is 39.8. The minimum absolute atomic E-state index is 0.560. The Hall–Kier alpha value is -7.73. The number of ether oxygens (including phenoxy) is 1. The molecule has 3 aliphatic rings. The predicted molar refractivity (Wildman–Crippen MR) is 248 cm³/mol. The Morgan fingerprint density at radius 2 is 0.984 bits per heavy atom. The van der Waals surface area contributed by atoms with Crippen LogP contribution in [0.3, 0.4) is 0 Å². The molecule has 0 radical (unpaired) electrons. The monoisotopic (exact) mass is 793 g/mol. The summed E-state index contributed by atoms with van der Waals surface area (Å²) in [4.78, 5) is 5.62. The molecule has 0 saturated heterocycles. The van der Waals surface area contributed by atoms with Crippen molar-refractivity contribution < 1.29 is 4.74 Å². The van der Waals surface area contributed by atoms with Crippen molar-refractivity contribution in [3.05, 3.63) is 210 Å². The molecular weight excluding hydrogens is 763 g/mol. The van der Waals surface area contributed by atoms with Gasteiger partial charge in [-0.2, -0.15) is 0 Å². The predicted octanol–water partition coefficient (Wildman–Crippen LogP) is 14.5. The molecule has 1 spiro atoms. The first-order valence-electron chi connectivity index (χ1n) is 20.7. The fourth-order valence-electron chi connectivity index (χ4n) is 10.8. The quantitative estimate of drug-likeness (QED) is 0.179.